The number of aromatic nitrogens is 1. The van der Waals surface area contributed by atoms with Crippen LogP contribution in [0.1, 0.15) is 17.4 Å². The molecule has 1 aliphatic rings. The molecule has 1 N–H and O–H groups in total. The number of ether oxygens (including phenoxy) is 2. The van der Waals surface area contributed by atoms with Crippen molar-refractivity contribution >= 4 is 17.3 Å². The lowest BCUT2D eigenvalue weighted by Gasteiger charge is -2.35. The molecule has 2 heterocycles. The van der Waals surface area contributed by atoms with E-state index in [2.05, 4.69) is 27.0 Å². The minimum Gasteiger partial charge on any atom is -0.497 e. The first-order valence-electron chi connectivity index (χ1n) is 9.11. The van der Waals surface area contributed by atoms with Crippen LogP contribution >= 0.6 is 0 Å². The Morgan fingerprint density at radius 2 is 1.89 bits per heavy atom. The summed E-state index contributed by atoms with van der Waals surface area (Å²) in [5.74, 6) is 0.929. The number of nitrogens with one attached hydrogen (secondary N) is 1. The summed E-state index contributed by atoms with van der Waals surface area (Å²) in [4.78, 5) is 21.6. The van der Waals surface area contributed by atoms with E-state index in [9.17, 15) is 4.79 Å². The van der Waals surface area contributed by atoms with Crippen molar-refractivity contribution in [3.8, 4) is 11.5 Å². The second-order valence-corrected chi connectivity index (χ2v) is 6.34. The van der Waals surface area contributed by atoms with Gasteiger partial charge in [0.25, 0.3) is 5.91 Å². The molecule has 0 radical (unpaired) electrons. The highest BCUT2D eigenvalue weighted by atomic mass is 16.5. The summed E-state index contributed by atoms with van der Waals surface area (Å²) >= 11 is 0. The third-order valence-electron chi connectivity index (χ3n) is 4.82. The lowest BCUT2D eigenvalue weighted by Crippen LogP contribution is -2.46. The van der Waals surface area contributed by atoms with Crippen LogP contribution in [-0.2, 0) is 0 Å². The van der Waals surface area contributed by atoms with Gasteiger partial charge in [0, 0.05) is 44.1 Å². The van der Waals surface area contributed by atoms with E-state index in [1.807, 2.05) is 12.1 Å². The van der Waals surface area contributed by atoms with Crippen molar-refractivity contribution in [3.63, 3.8) is 0 Å². The summed E-state index contributed by atoms with van der Waals surface area (Å²) in [5.41, 5.74) is 1.97. The number of likely N-dealkylation sites (N-methyl/N-ethyl adjacent to an activating group) is 1. The Kier molecular flexibility index (Phi) is 6.13. The molecule has 0 unspecified atom stereocenters. The van der Waals surface area contributed by atoms with Crippen molar-refractivity contribution in [3.05, 3.63) is 42.2 Å². The van der Waals surface area contributed by atoms with Crippen LogP contribution in [0.25, 0.3) is 0 Å². The fraction of sp³-hybridized carbons (Fsp3) is 0.400. The number of amides is 1. The maximum atomic E-state index is 12.7. The molecule has 1 fully saturated rings. The Morgan fingerprint density at radius 1 is 1.11 bits per heavy atom. The molecule has 27 heavy (non-hydrogen) atoms. The zero-order valence-corrected chi connectivity index (χ0v) is 16.1. The average Bonchev–Trinajstić information content (AvgIpc) is 2.74. The van der Waals surface area contributed by atoms with Gasteiger partial charge < -0.3 is 24.6 Å². The highest BCUT2D eigenvalue weighted by Crippen LogP contribution is 2.29. The topological polar surface area (TPSA) is 66.9 Å². The number of anilines is 2. The van der Waals surface area contributed by atoms with Crippen LogP contribution in [0.2, 0.25) is 0 Å². The van der Waals surface area contributed by atoms with Crippen molar-refractivity contribution in [2.45, 2.75) is 6.92 Å². The van der Waals surface area contributed by atoms with Crippen LogP contribution in [0, 0.1) is 0 Å². The Hall–Kier alpha value is -2.80. The summed E-state index contributed by atoms with van der Waals surface area (Å²) in [6, 6.07) is 9.05. The highest BCUT2D eigenvalue weighted by Gasteiger charge is 2.18. The summed E-state index contributed by atoms with van der Waals surface area (Å²) in [6.45, 7) is 7.21. The number of nitrogens with zero attached hydrogens (tertiary/aromatic N) is 3. The molecule has 2 aromatic rings. The third-order valence-corrected chi connectivity index (χ3v) is 4.82. The zero-order valence-electron chi connectivity index (χ0n) is 16.1. The molecular formula is C20H26N4O3. The van der Waals surface area contributed by atoms with Crippen molar-refractivity contribution < 1.29 is 14.3 Å². The minimum absolute atomic E-state index is 0.271. The second kappa shape index (κ2) is 8.73. The maximum absolute atomic E-state index is 12.7. The van der Waals surface area contributed by atoms with Crippen LogP contribution in [-0.4, -0.2) is 62.7 Å². The predicted octanol–water partition coefficient (Wildman–Crippen LogP) is 2.49. The lowest BCUT2D eigenvalue weighted by molar-refractivity contribution is 0.102. The number of pyridine rings is 1. The third kappa shape index (κ3) is 4.49. The first-order valence-corrected chi connectivity index (χ1v) is 9.11. The van der Waals surface area contributed by atoms with Gasteiger partial charge in [-0.1, -0.05) is 6.92 Å². The van der Waals surface area contributed by atoms with E-state index in [1.165, 1.54) is 0 Å². The number of piperazine rings is 1. The molecule has 1 aromatic heterocycles. The van der Waals surface area contributed by atoms with Gasteiger partial charge in [0.15, 0.2) is 0 Å². The molecule has 0 aliphatic carbocycles. The number of methoxy groups -OCH3 is 2. The van der Waals surface area contributed by atoms with Gasteiger partial charge in [-0.3, -0.25) is 9.78 Å². The normalized spacial score (nSPS) is 14.7. The lowest BCUT2D eigenvalue weighted by atomic mass is 10.2. The van der Waals surface area contributed by atoms with Gasteiger partial charge in [-0.05, 0) is 30.8 Å². The Morgan fingerprint density at radius 3 is 2.56 bits per heavy atom. The quantitative estimate of drug-likeness (QED) is 0.843. The summed E-state index contributed by atoms with van der Waals surface area (Å²) < 4.78 is 10.5. The summed E-state index contributed by atoms with van der Waals surface area (Å²) in [6.07, 6.45) is 1.68. The van der Waals surface area contributed by atoms with E-state index in [0.717, 1.165) is 38.4 Å². The SMILES string of the molecule is CCN1CCN(c2ccnc(C(=O)Nc3ccc(OC)cc3OC)c2)CC1. The molecule has 7 nitrogen and oxygen atoms in total. The Bertz CT molecular complexity index is 789. The standard InChI is InChI=1S/C20H26N4O3/c1-4-23-9-11-24(12-10-23)15-7-8-21-18(13-15)20(25)22-17-6-5-16(26-2)14-19(17)27-3/h5-8,13-14H,4,9-12H2,1-3H3,(H,22,25). The molecule has 1 amide bonds. The van der Waals surface area contributed by atoms with Gasteiger partial charge >= 0.3 is 0 Å². The molecule has 3 rings (SSSR count). The average molecular weight is 370 g/mol. The van der Waals surface area contributed by atoms with E-state index in [0.29, 0.717) is 22.9 Å². The molecule has 1 aromatic carbocycles. The Balaban J connectivity index is 1.72. The van der Waals surface area contributed by atoms with Crippen molar-refractivity contribution in [2.75, 3.05) is 57.2 Å². The smallest absolute Gasteiger partial charge is 0.274 e. The van der Waals surface area contributed by atoms with Gasteiger partial charge in [-0.2, -0.15) is 0 Å². The predicted molar refractivity (Wildman–Crippen MR) is 106 cm³/mol. The molecule has 144 valence electrons. The number of rotatable bonds is 6. The largest absolute Gasteiger partial charge is 0.497 e. The molecular weight excluding hydrogens is 344 g/mol. The van der Waals surface area contributed by atoms with Gasteiger partial charge in [0.2, 0.25) is 0 Å². The van der Waals surface area contributed by atoms with Crippen molar-refractivity contribution in [1.82, 2.24) is 9.88 Å². The van der Waals surface area contributed by atoms with Crippen LogP contribution in [0.3, 0.4) is 0 Å². The molecule has 7 heteroatoms. The van der Waals surface area contributed by atoms with Crippen molar-refractivity contribution in [1.29, 1.82) is 0 Å². The molecule has 0 atom stereocenters. The fourth-order valence-electron chi connectivity index (χ4n) is 3.15. The molecule has 1 saturated heterocycles. The van der Waals surface area contributed by atoms with E-state index in [4.69, 9.17) is 9.47 Å². The number of hydrogen-bond acceptors (Lipinski definition) is 6. The van der Waals surface area contributed by atoms with Crippen LogP contribution < -0.4 is 19.7 Å². The zero-order chi connectivity index (χ0) is 19.2. The fourth-order valence-corrected chi connectivity index (χ4v) is 3.15. The molecule has 1 aliphatic heterocycles. The molecule has 0 bridgehead atoms. The van der Waals surface area contributed by atoms with Crippen LogP contribution in [0.5, 0.6) is 11.5 Å². The van der Waals surface area contributed by atoms with Crippen LogP contribution in [0.15, 0.2) is 36.5 Å². The van der Waals surface area contributed by atoms with Gasteiger partial charge in [0.05, 0.1) is 19.9 Å². The first-order chi connectivity index (χ1) is 13.1. The number of hydrogen-bond donors (Lipinski definition) is 1. The minimum atomic E-state index is -0.271. The van der Waals surface area contributed by atoms with Crippen LogP contribution in [0.4, 0.5) is 11.4 Å². The second-order valence-electron chi connectivity index (χ2n) is 6.34. The van der Waals surface area contributed by atoms with E-state index in [1.54, 1.807) is 38.6 Å². The van der Waals surface area contributed by atoms with Gasteiger partial charge in [-0.25, -0.2) is 0 Å². The Labute approximate surface area is 159 Å². The maximum Gasteiger partial charge on any atom is 0.274 e. The molecule has 0 spiro atoms. The van der Waals surface area contributed by atoms with Gasteiger partial charge in [-0.15, -0.1) is 0 Å². The summed E-state index contributed by atoms with van der Waals surface area (Å²) in [7, 11) is 3.14. The van der Waals surface area contributed by atoms with E-state index < -0.39 is 0 Å². The van der Waals surface area contributed by atoms with Gasteiger partial charge in [0.1, 0.15) is 17.2 Å². The highest BCUT2D eigenvalue weighted by molar-refractivity contribution is 6.04. The monoisotopic (exact) mass is 370 g/mol. The van der Waals surface area contributed by atoms with E-state index >= 15 is 0 Å². The number of carbonyl (C=O) groups excluding carboxylic acids is 1. The summed E-state index contributed by atoms with van der Waals surface area (Å²) in [5, 5.41) is 2.87. The number of carbonyl (C=O) groups is 1. The van der Waals surface area contributed by atoms with E-state index in [-0.39, 0.29) is 5.91 Å². The van der Waals surface area contributed by atoms with Crippen molar-refractivity contribution in [2.24, 2.45) is 0 Å². The molecule has 0 saturated carbocycles. The number of benzene rings is 1. The first kappa shape index (κ1) is 19.0.